The van der Waals surface area contributed by atoms with E-state index in [2.05, 4.69) is 4.57 Å². The fourth-order valence-corrected chi connectivity index (χ4v) is 7.47. The van der Waals surface area contributed by atoms with Crippen molar-refractivity contribution >= 4 is 35.0 Å². The van der Waals surface area contributed by atoms with E-state index in [4.69, 9.17) is 23.9 Å². The number of aryl methyl sites for hydroxylation is 1. The minimum atomic E-state index is -0.849. The van der Waals surface area contributed by atoms with Gasteiger partial charge in [0.05, 0.1) is 41.1 Å². The quantitative estimate of drug-likeness (QED) is 0.219. The molecule has 0 fully saturated rings. The third-order valence-electron chi connectivity index (χ3n) is 8.79. The van der Waals surface area contributed by atoms with Crippen LogP contribution in [-0.2, 0) is 14.3 Å². The van der Waals surface area contributed by atoms with Gasteiger partial charge in [-0.1, -0.05) is 53.8 Å². The summed E-state index contributed by atoms with van der Waals surface area (Å²) in [5, 5.41) is 0. The first-order valence-electron chi connectivity index (χ1n) is 15.8. The number of carbonyl (C=O) groups excluding carboxylic acids is 2. The summed E-state index contributed by atoms with van der Waals surface area (Å²) in [6, 6.07) is 21.5. The second-order valence-electron chi connectivity index (χ2n) is 11.6. The van der Waals surface area contributed by atoms with Crippen molar-refractivity contribution in [1.82, 2.24) is 9.13 Å². The zero-order chi connectivity index (χ0) is 34.4. The molecular formula is C38H33N3O7S. The summed E-state index contributed by atoms with van der Waals surface area (Å²) >= 11 is 1.25. The second kappa shape index (κ2) is 12.7. The maximum Gasteiger partial charge on any atom is 0.338 e. The van der Waals surface area contributed by atoms with E-state index >= 15 is 0 Å². The molecule has 49 heavy (non-hydrogen) atoms. The second-order valence-corrected chi connectivity index (χ2v) is 12.7. The van der Waals surface area contributed by atoms with Crippen molar-refractivity contribution in [2.45, 2.75) is 33.7 Å². The molecule has 0 amide bonds. The van der Waals surface area contributed by atoms with E-state index in [1.807, 2.05) is 81.4 Å². The lowest BCUT2D eigenvalue weighted by atomic mass is 9.93. The summed E-state index contributed by atoms with van der Waals surface area (Å²) in [7, 11) is 1.37. The largest absolute Gasteiger partial charge is 0.465 e. The summed E-state index contributed by atoms with van der Waals surface area (Å²) in [5.74, 6) is 0.149. The average molecular weight is 676 g/mol. The Morgan fingerprint density at radius 2 is 1.76 bits per heavy atom. The highest BCUT2D eigenvalue weighted by Crippen LogP contribution is 2.40. The third-order valence-corrected chi connectivity index (χ3v) is 9.78. The van der Waals surface area contributed by atoms with Crippen LogP contribution < -0.4 is 24.4 Å². The SMILES string of the molecule is CCOC(=O)C1=C(c2ccccc2)N=c2s/c(=C/c3cc(C)n(-c4cccc(C(=O)OC)c4C)c3C)c(=O)n2[C@@H]1c1ccc2c(c1)OCO2. The average Bonchev–Trinajstić information content (AvgIpc) is 3.79. The van der Waals surface area contributed by atoms with E-state index < -0.39 is 18.0 Å². The Labute approximate surface area is 285 Å². The normalized spacial score (nSPS) is 15.2. The van der Waals surface area contributed by atoms with Crippen molar-refractivity contribution in [3.05, 3.63) is 137 Å². The Morgan fingerprint density at radius 1 is 0.980 bits per heavy atom. The highest BCUT2D eigenvalue weighted by molar-refractivity contribution is 7.07. The van der Waals surface area contributed by atoms with Gasteiger partial charge in [-0.2, -0.15) is 0 Å². The van der Waals surface area contributed by atoms with E-state index in [1.54, 1.807) is 29.7 Å². The lowest BCUT2D eigenvalue weighted by Crippen LogP contribution is -2.40. The molecule has 2 aromatic heterocycles. The van der Waals surface area contributed by atoms with Crippen molar-refractivity contribution < 1.29 is 28.5 Å². The van der Waals surface area contributed by atoms with Crippen LogP contribution in [0.15, 0.2) is 88.2 Å². The maximum absolute atomic E-state index is 14.5. The number of ether oxygens (including phenoxy) is 4. The van der Waals surface area contributed by atoms with Crippen LogP contribution in [0, 0.1) is 20.8 Å². The molecule has 2 aliphatic rings. The monoisotopic (exact) mass is 675 g/mol. The van der Waals surface area contributed by atoms with Gasteiger partial charge in [0.25, 0.3) is 5.56 Å². The number of carbonyl (C=O) groups is 2. The van der Waals surface area contributed by atoms with Gasteiger partial charge in [0.2, 0.25) is 6.79 Å². The molecule has 4 heterocycles. The molecule has 0 saturated carbocycles. The molecule has 11 heteroatoms. The minimum absolute atomic E-state index is 0.0856. The molecule has 0 spiro atoms. The molecule has 0 N–H and O–H groups in total. The molecule has 0 saturated heterocycles. The van der Waals surface area contributed by atoms with Crippen LogP contribution in [0.3, 0.4) is 0 Å². The van der Waals surface area contributed by atoms with E-state index in [0.717, 1.165) is 33.8 Å². The van der Waals surface area contributed by atoms with Crippen LogP contribution in [0.25, 0.3) is 17.5 Å². The van der Waals surface area contributed by atoms with E-state index in [9.17, 15) is 14.4 Å². The fourth-order valence-electron chi connectivity index (χ4n) is 6.48. The molecule has 10 nitrogen and oxygen atoms in total. The summed E-state index contributed by atoms with van der Waals surface area (Å²) in [4.78, 5) is 46.1. The fraction of sp³-hybridized carbons (Fsp3) is 0.211. The number of rotatable bonds is 7. The lowest BCUT2D eigenvalue weighted by Gasteiger charge is -2.26. The van der Waals surface area contributed by atoms with Gasteiger partial charge < -0.3 is 23.5 Å². The number of hydrogen-bond acceptors (Lipinski definition) is 9. The van der Waals surface area contributed by atoms with E-state index in [1.165, 1.54) is 18.4 Å². The number of benzene rings is 3. The number of methoxy groups -OCH3 is 1. The number of esters is 2. The summed E-state index contributed by atoms with van der Waals surface area (Å²) in [6.45, 7) is 7.83. The molecule has 0 bridgehead atoms. The highest BCUT2D eigenvalue weighted by atomic mass is 32.1. The predicted octanol–water partition coefficient (Wildman–Crippen LogP) is 5.17. The van der Waals surface area contributed by atoms with Gasteiger partial charge in [-0.25, -0.2) is 14.6 Å². The van der Waals surface area contributed by atoms with Crippen LogP contribution in [0.2, 0.25) is 0 Å². The van der Waals surface area contributed by atoms with Gasteiger partial charge >= 0.3 is 11.9 Å². The predicted molar refractivity (Wildman–Crippen MR) is 185 cm³/mol. The van der Waals surface area contributed by atoms with Gasteiger partial charge in [0.1, 0.15) is 0 Å². The highest BCUT2D eigenvalue weighted by Gasteiger charge is 2.36. The molecule has 1 atom stereocenters. The van der Waals surface area contributed by atoms with Crippen LogP contribution >= 0.6 is 11.3 Å². The van der Waals surface area contributed by atoms with Gasteiger partial charge in [0.15, 0.2) is 16.3 Å². The number of nitrogens with zero attached hydrogens (tertiary/aromatic N) is 3. The van der Waals surface area contributed by atoms with Crippen LogP contribution in [0.4, 0.5) is 0 Å². The Kier molecular flexibility index (Phi) is 8.29. The first kappa shape index (κ1) is 31.9. The zero-order valence-corrected chi connectivity index (χ0v) is 28.4. The van der Waals surface area contributed by atoms with Crippen molar-refractivity contribution in [2.75, 3.05) is 20.5 Å². The smallest absolute Gasteiger partial charge is 0.338 e. The first-order chi connectivity index (χ1) is 23.7. The zero-order valence-electron chi connectivity index (χ0n) is 27.6. The van der Waals surface area contributed by atoms with Crippen LogP contribution in [0.5, 0.6) is 11.5 Å². The Balaban J connectivity index is 1.44. The molecule has 0 unspecified atom stereocenters. The van der Waals surface area contributed by atoms with E-state index in [0.29, 0.717) is 37.7 Å². The van der Waals surface area contributed by atoms with Gasteiger partial charge in [0, 0.05) is 22.6 Å². The third kappa shape index (κ3) is 5.45. The Hall–Kier alpha value is -5.68. The van der Waals surface area contributed by atoms with Crippen molar-refractivity contribution in [1.29, 1.82) is 0 Å². The summed E-state index contributed by atoms with van der Waals surface area (Å²) in [6.07, 6.45) is 1.86. The Bertz CT molecular complexity index is 2370. The molecule has 248 valence electrons. The summed E-state index contributed by atoms with van der Waals surface area (Å²) < 4.78 is 25.9. The Morgan fingerprint density at radius 3 is 2.51 bits per heavy atom. The van der Waals surface area contributed by atoms with Gasteiger partial charge in [-0.3, -0.25) is 9.36 Å². The number of fused-ring (bicyclic) bond motifs is 2. The molecule has 5 aromatic rings. The van der Waals surface area contributed by atoms with Crippen molar-refractivity contribution in [3.8, 4) is 17.2 Å². The molecular weight excluding hydrogens is 642 g/mol. The van der Waals surface area contributed by atoms with Crippen molar-refractivity contribution in [2.24, 2.45) is 4.99 Å². The lowest BCUT2D eigenvalue weighted by molar-refractivity contribution is -0.138. The maximum atomic E-state index is 14.5. The van der Waals surface area contributed by atoms with Crippen LogP contribution in [0.1, 0.15) is 57.0 Å². The summed E-state index contributed by atoms with van der Waals surface area (Å²) in [5.41, 5.74) is 6.53. The van der Waals surface area contributed by atoms with Crippen molar-refractivity contribution in [3.63, 3.8) is 0 Å². The minimum Gasteiger partial charge on any atom is -0.465 e. The standard InChI is InChI=1S/C38H33N3O7S/c1-6-46-37(44)32-33(24-11-8-7-9-12-24)39-38-41(34(32)25-15-16-29-30(18-25)48-20-47-29)35(42)31(49-38)19-26-17-21(2)40(23(26)4)28-14-10-13-27(22(28)3)36(43)45-5/h7-19,34H,6,20H2,1-5H3/b31-19+/t34-/m1/s1. The molecule has 3 aromatic carbocycles. The molecule has 0 radical (unpaired) electrons. The number of hydrogen-bond donors (Lipinski definition) is 0. The molecule has 2 aliphatic heterocycles. The number of aromatic nitrogens is 2. The topological polar surface area (TPSA) is 110 Å². The van der Waals surface area contributed by atoms with Gasteiger partial charge in [-0.05, 0) is 80.8 Å². The number of thiazole rings is 1. The van der Waals surface area contributed by atoms with Gasteiger partial charge in [-0.15, -0.1) is 0 Å². The van der Waals surface area contributed by atoms with Crippen LogP contribution in [-0.4, -0.2) is 41.6 Å². The first-order valence-corrected chi connectivity index (χ1v) is 16.6. The molecule has 0 aliphatic carbocycles. The molecule has 7 rings (SSSR count). The van der Waals surface area contributed by atoms with E-state index in [-0.39, 0.29) is 24.5 Å².